The first-order valence-corrected chi connectivity index (χ1v) is 28.9. The number of hydrogen-bond acceptors (Lipinski definition) is 17. The fourth-order valence-electron chi connectivity index (χ4n) is 7.67. The van der Waals surface area contributed by atoms with E-state index in [9.17, 15) is 49.1 Å². The molecule has 88 heavy (non-hydrogen) atoms. The largest absolute Gasteiger partial charge is 0.476 e. The molecule has 33 heteroatoms. The van der Waals surface area contributed by atoms with Gasteiger partial charge >= 0.3 is 18.2 Å². The summed E-state index contributed by atoms with van der Waals surface area (Å²) < 4.78 is 121. The van der Waals surface area contributed by atoms with Crippen molar-refractivity contribution in [1.29, 1.82) is 0 Å². The number of ether oxygens (including phenoxy) is 2. The summed E-state index contributed by atoms with van der Waals surface area (Å²) >= 11 is 6.71. The molecule has 0 aliphatic heterocycles. The van der Waals surface area contributed by atoms with Crippen molar-refractivity contribution in [3.05, 3.63) is 174 Å². The van der Waals surface area contributed by atoms with Crippen molar-refractivity contribution < 1.29 is 68.8 Å². The van der Waals surface area contributed by atoms with Gasteiger partial charge < -0.3 is 19.7 Å². The predicted octanol–water partition coefficient (Wildman–Crippen LogP) is 11.3. The molecule has 0 bridgehead atoms. The minimum Gasteiger partial charge on any atom is -0.476 e. The lowest BCUT2D eigenvalue weighted by Crippen LogP contribution is -2.19. The number of rotatable bonds is 13. The van der Waals surface area contributed by atoms with Crippen molar-refractivity contribution in [3.63, 3.8) is 0 Å². The number of aromatic nitrogens is 12. The molecule has 5 N–H and O–H groups in total. The van der Waals surface area contributed by atoms with Gasteiger partial charge in [-0.3, -0.25) is 25.3 Å². The van der Waals surface area contributed by atoms with Crippen molar-refractivity contribution in [2.75, 3.05) is 21.6 Å². The number of amides is 2. The Bertz CT molecular complexity index is 4160. The van der Waals surface area contributed by atoms with Crippen LogP contribution in [0.5, 0.6) is 0 Å². The highest BCUT2D eigenvalue weighted by atomic mass is 79.9. The average Bonchev–Trinajstić information content (AvgIpc) is 2.21. The Morgan fingerprint density at radius 1 is 0.545 bits per heavy atom. The highest BCUT2D eigenvalue weighted by Gasteiger charge is 2.25. The van der Waals surface area contributed by atoms with Crippen molar-refractivity contribution in [2.24, 2.45) is 21.1 Å². The zero-order chi connectivity index (χ0) is 65.1. The first-order valence-electron chi connectivity index (χ1n) is 25.5. The molecule has 6 heterocycles. The number of nitrogens with one attached hydrogen (secondary N) is 3. The molecule has 464 valence electrons. The number of carboxylic acid groups (broad SMARTS) is 1. The summed E-state index contributed by atoms with van der Waals surface area (Å²) in [6, 6.07) is 21.0. The zero-order valence-corrected chi connectivity index (χ0v) is 51.9. The molecule has 6 aromatic heterocycles. The minimum atomic E-state index is -3.48. The second-order valence-corrected chi connectivity index (χ2v) is 22.2. The number of aryl methyl sites for hydroxylation is 6. The van der Waals surface area contributed by atoms with Crippen LogP contribution in [0.25, 0.3) is 34.2 Å². The smallest absolute Gasteiger partial charge is 0.413 e. The number of carbonyl (C=O) groups is 3. The third-order valence-electron chi connectivity index (χ3n) is 12.1. The second kappa shape index (κ2) is 29.5. The van der Waals surface area contributed by atoms with Crippen molar-refractivity contribution in [3.8, 4) is 34.2 Å². The number of pyridine rings is 3. The molecule has 0 unspecified atom stereocenters. The van der Waals surface area contributed by atoms with Crippen LogP contribution < -0.4 is 15.4 Å². The van der Waals surface area contributed by atoms with Gasteiger partial charge in [0.2, 0.25) is 10.0 Å². The first kappa shape index (κ1) is 67.9. The van der Waals surface area contributed by atoms with Gasteiger partial charge in [-0.2, -0.15) is 0 Å². The van der Waals surface area contributed by atoms with E-state index in [0.717, 1.165) is 44.8 Å². The Morgan fingerprint density at radius 3 is 1.28 bits per heavy atom. The normalized spacial score (nSPS) is 11.9. The Balaban J connectivity index is 0.000000200. The van der Waals surface area contributed by atoms with Gasteiger partial charge in [-0.05, 0) is 128 Å². The molecule has 0 saturated heterocycles. The number of anilines is 3. The standard InChI is InChI=1S/C19H20F2N6O4S.C18H16BrF2N5O2.C10H9BrN4O2.C8H8F2O/c1-10-14(25-32(4,29)30)8-9-15(22-10)17-18(27(3)26-24-17)23-19(28)31-11(2)12-6-5-7-13(20)16(12)21;1-9-12(19)7-8-14(22-9)16-17(26(3)25-24-16)23-18(27)28-10(2)11-5-4-6-13(20)15(11)21;1-5-6(11)3-4-7(12-5)8-9(10(16)17)15(2)14-13-8;1-5(11)6-3-2-4-7(9)8(6)10/h5-9,11,25H,1-4H3,(H,23,28);4-8,10H,1-3H3,(H,23,27);3-4H,1-2H3,(H,16,17);2-5,11H,1H3/t11-;10-;;5-/m11.1/s1. The summed E-state index contributed by atoms with van der Waals surface area (Å²) in [6.45, 7) is 9.48. The molecule has 0 radical (unpaired) electrons. The third kappa shape index (κ3) is 17.3. The summed E-state index contributed by atoms with van der Waals surface area (Å²) in [4.78, 5) is 48.8. The summed E-state index contributed by atoms with van der Waals surface area (Å²) in [5.41, 5.74) is 4.15. The van der Waals surface area contributed by atoms with Crippen molar-refractivity contribution >= 4 is 77.4 Å². The van der Waals surface area contributed by atoms with E-state index in [0.29, 0.717) is 34.2 Å². The van der Waals surface area contributed by atoms with Crippen LogP contribution in [0.15, 0.2) is 99.9 Å². The minimum absolute atomic E-state index is 0.00926. The van der Waals surface area contributed by atoms with Gasteiger partial charge in [0.15, 0.2) is 63.6 Å². The van der Waals surface area contributed by atoms with E-state index >= 15 is 0 Å². The average molecular weight is 1370 g/mol. The maximum absolute atomic E-state index is 13.9. The van der Waals surface area contributed by atoms with Gasteiger partial charge in [0, 0.05) is 46.8 Å². The molecule has 9 rings (SSSR count). The highest BCUT2D eigenvalue weighted by Crippen LogP contribution is 2.31. The van der Waals surface area contributed by atoms with Crippen LogP contribution in [-0.2, 0) is 40.6 Å². The first-order chi connectivity index (χ1) is 41.4. The lowest BCUT2D eigenvalue weighted by atomic mass is 10.1. The Kier molecular flexibility index (Phi) is 22.7. The summed E-state index contributed by atoms with van der Waals surface area (Å²) in [5, 5.41) is 46.3. The van der Waals surface area contributed by atoms with E-state index in [2.05, 4.69) is 93.1 Å². The third-order valence-corrected chi connectivity index (χ3v) is 14.4. The van der Waals surface area contributed by atoms with Crippen molar-refractivity contribution in [1.82, 2.24) is 59.9 Å². The predicted molar refractivity (Wildman–Crippen MR) is 314 cm³/mol. The number of aliphatic hydroxyl groups excluding tert-OH is 1. The van der Waals surface area contributed by atoms with Gasteiger partial charge in [0.25, 0.3) is 0 Å². The highest BCUT2D eigenvalue weighted by molar-refractivity contribution is 9.10. The fraction of sp³-hybridized carbons (Fsp3) is 0.236. The number of aromatic carboxylic acids is 1. The van der Waals surface area contributed by atoms with E-state index in [-0.39, 0.29) is 45.4 Å². The Hall–Kier alpha value is -9.21. The number of halogens is 8. The van der Waals surface area contributed by atoms with Gasteiger partial charge in [-0.1, -0.05) is 52.0 Å². The van der Waals surface area contributed by atoms with E-state index < -0.39 is 81.4 Å². The van der Waals surface area contributed by atoms with Crippen LogP contribution in [0.3, 0.4) is 0 Å². The number of hydrogen-bond donors (Lipinski definition) is 5. The second-order valence-electron chi connectivity index (χ2n) is 18.7. The van der Waals surface area contributed by atoms with Crippen LogP contribution in [0.1, 0.15) is 83.3 Å². The van der Waals surface area contributed by atoms with Crippen LogP contribution in [0.2, 0.25) is 0 Å². The topological polar surface area (TPSA) is 311 Å². The zero-order valence-electron chi connectivity index (χ0n) is 47.9. The quantitative estimate of drug-likeness (QED) is 0.0670. The number of sulfonamides is 1. The molecule has 3 atom stereocenters. The maximum Gasteiger partial charge on any atom is 0.413 e. The molecule has 0 fully saturated rings. The van der Waals surface area contributed by atoms with Gasteiger partial charge in [-0.15, -0.1) is 15.3 Å². The number of aliphatic hydroxyl groups is 1. The molecule has 0 spiro atoms. The van der Waals surface area contributed by atoms with Crippen LogP contribution in [-0.4, -0.2) is 103 Å². The molecule has 0 saturated carbocycles. The van der Waals surface area contributed by atoms with Crippen molar-refractivity contribution in [2.45, 2.75) is 59.9 Å². The molecule has 0 aliphatic rings. The van der Waals surface area contributed by atoms with Gasteiger partial charge in [0.1, 0.15) is 17.9 Å². The SMILES string of the molecule is C[C@@H](O)c1cccc(F)c1F.Cc1nc(-c2nnn(C)c2C(=O)O)ccc1Br.Cc1nc(-c2nnn(C)c2NC(=O)O[C@H](C)c2cccc(F)c2F)ccc1Br.Cc1nc(-c2nnn(C)c2NC(=O)O[C@H](C)c2cccc(F)c2F)ccc1NS(C)(=O)=O. The van der Waals surface area contributed by atoms with Crippen LogP contribution in [0.4, 0.5) is 53.3 Å². The Labute approximate surface area is 514 Å². The number of nitrogens with zero attached hydrogens (tertiary/aromatic N) is 12. The maximum atomic E-state index is 13.9. The number of carbonyl (C=O) groups excluding carboxylic acids is 2. The molecular weight excluding hydrogens is 1320 g/mol. The van der Waals surface area contributed by atoms with Gasteiger partial charge in [0.05, 0.1) is 52.2 Å². The Morgan fingerprint density at radius 2 is 0.909 bits per heavy atom. The summed E-state index contributed by atoms with van der Waals surface area (Å²) in [5.74, 6) is -6.79. The lowest BCUT2D eigenvalue weighted by molar-refractivity contribution is 0.0685. The lowest BCUT2D eigenvalue weighted by Gasteiger charge is -2.15. The van der Waals surface area contributed by atoms with Crippen LogP contribution >= 0.6 is 31.9 Å². The summed E-state index contributed by atoms with van der Waals surface area (Å²) in [7, 11) is 1.16. The number of carboxylic acids is 1. The molecule has 0 aliphatic carbocycles. The van der Waals surface area contributed by atoms with Crippen LogP contribution in [0, 0.1) is 55.7 Å². The van der Waals surface area contributed by atoms with E-state index in [1.165, 1.54) is 97.4 Å². The fourth-order valence-corrected chi connectivity index (χ4v) is 8.73. The monoisotopic (exact) mass is 1370 g/mol. The van der Waals surface area contributed by atoms with E-state index in [4.69, 9.17) is 19.7 Å². The summed E-state index contributed by atoms with van der Waals surface area (Å²) in [6.07, 6.45) is -3.83. The molecule has 2 amide bonds. The molecule has 3 aromatic carbocycles. The molecular formula is C55H53Br2F6N15O9S. The van der Waals surface area contributed by atoms with E-state index in [1.54, 1.807) is 32.2 Å². The molecule has 24 nitrogen and oxygen atoms in total. The number of benzene rings is 3. The molecule has 9 aromatic rings. The van der Waals surface area contributed by atoms with Gasteiger partial charge in [-0.25, -0.2) is 68.2 Å². The van der Waals surface area contributed by atoms with E-state index in [1.807, 2.05) is 19.9 Å².